The van der Waals surface area contributed by atoms with Crippen LogP contribution in [0, 0.1) is 10.1 Å². The SMILES string of the molecule is Cn1cc(NC(=O)CCCNc2ccc([N+](=O)[O-])cc2)cn1. The van der Waals surface area contributed by atoms with Gasteiger partial charge in [0.15, 0.2) is 0 Å². The fourth-order valence-electron chi connectivity index (χ4n) is 1.89. The van der Waals surface area contributed by atoms with E-state index in [9.17, 15) is 14.9 Å². The molecule has 0 bridgehead atoms. The van der Waals surface area contributed by atoms with E-state index in [0.717, 1.165) is 5.69 Å². The molecule has 2 rings (SSSR count). The molecule has 1 heterocycles. The molecule has 2 aromatic rings. The lowest BCUT2D eigenvalue weighted by Crippen LogP contribution is -2.13. The fraction of sp³-hybridized carbons (Fsp3) is 0.286. The van der Waals surface area contributed by atoms with Crippen LogP contribution in [0.3, 0.4) is 0 Å². The van der Waals surface area contributed by atoms with Crippen LogP contribution < -0.4 is 10.6 Å². The van der Waals surface area contributed by atoms with Crippen LogP contribution in [-0.4, -0.2) is 27.2 Å². The highest BCUT2D eigenvalue weighted by molar-refractivity contribution is 5.90. The summed E-state index contributed by atoms with van der Waals surface area (Å²) in [6.07, 6.45) is 4.36. The number of aryl methyl sites for hydroxylation is 1. The average molecular weight is 303 g/mol. The molecule has 0 aliphatic carbocycles. The topological polar surface area (TPSA) is 102 Å². The largest absolute Gasteiger partial charge is 0.385 e. The minimum absolute atomic E-state index is 0.0569. The highest BCUT2D eigenvalue weighted by Gasteiger charge is 2.05. The van der Waals surface area contributed by atoms with Gasteiger partial charge in [0, 0.05) is 44.0 Å². The Bertz CT molecular complexity index is 651. The first-order chi connectivity index (χ1) is 10.5. The lowest BCUT2D eigenvalue weighted by Gasteiger charge is -2.06. The molecule has 8 nitrogen and oxygen atoms in total. The highest BCUT2D eigenvalue weighted by Crippen LogP contribution is 2.15. The lowest BCUT2D eigenvalue weighted by molar-refractivity contribution is -0.384. The van der Waals surface area contributed by atoms with Crippen molar-refractivity contribution in [2.24, 2.45) is 7.05 Å². The second kappa shape index (κ2) is 7.21. The van der Waals surface area contributed by atoms with E-state index in [4.69, 9.17) is 0 Å². The summed E-state index contributed by atoms with van der Waals surface area (Å²) in [5.74, 6) is -0.0708. The van der Waals surface area contributed by atoms with Crippen LogP contribution in [0.2, 0.25) is 0 Å². The number of anilines is 2. The third kappa shape index (κ3) is 4.58. The molecule has 2 N–H and O–H groups in total. The minimum atomic E-state index is -0.438. The molecule has 0 radical (unpaired) electrons. The van der Waals surface area contributed by atoms with Gasteiger partial charge in [-0.2, -0.15) is 5.10 Å². The van der Waals surface area contributed by atoms with Crippen LogP contribution in [-0.2, 0) is 11.8 Å². The Morgan fingerprint density at radius 2 is 2.05 bits per heavy atom. The van der Waals surface area contributed by atoms with Crippen molar-refractivity contribution in [2.45, 2.75) is 12.8 Å². The summed E-state index contributed by atoms with van der Waals surface area (Å²) in [5.41, 5.74) is 1.52. The van der Waals surface area contributed by atoms with Crippen molar-refractivity contribution in [3.05, 3.63) is 46.8 Å². The minimum Gasteiger partial charge on any atom is -0.385 e. The molecule has 0 saturated heterocycles. The predicted octanol–water partition coefficient (Wildman–Crippen LogP) is 2.16. The van der Waals surface area contributed by atoms with Gasteiger partial charge in [-0.05, 0) is 18.6 Å². The summed E-state index contributed by atoms with van der Waals surface area (Å²) in [7, 11) is 1.78. The third-order valence-corrected chi connectivity index (χ3v) is 2.98. The number of aromatic nitrogens is 2. The van der Waals surface area contributed by atoms with E-state index >= 15 is 0 Å². The van der Waals surface area contributed by atoms with Crippen molar-refractivity contribution in [1.82, 2.24) is 9.78 Å². The monoisotopic (exact) mass is 303 g/mol. The summed E-state index contributed by atoms with van der Waals surface area (Å²) in [4.78, 5) is 21.8. The Kier molecular flexibility index (Phi) is 5.07. The maximum absolute atomic E-state index is 11.7. The van der Waals surface area contributed by atoms with Crippen LogP contribution in [0.25, 0.3) is 0 Å². The average Bonchev–Trinajstić information content (AvgIpc) is 2.89. The number of nitrogens with zero attached hydrogens (tertiary/aromatic N) is 3. The molecular weight excluding hydrogens is 286 g/mol. The van der Waals surface area contributed by atoms with E-state index in [0.29, 0.717) is 25.1 Å². The number of rotatable bonds is 7. The molecule has 0 aliphatic rings. The number of hydrogen-bond donors (Lipinski definition) is 2. The molecule has 0 saturated carbocycles. The molecule has 1 aromatic heterocycles. The number of non-ortho nitro benzene ring substituents is 1. The second-order valence-electron chi connectivity index (χ2n) is 4.79. The molecular formula is C14H17N5O3. The lowest BCUT2D eigenvalue weighted by atomic mass is 10.2. The van der Waals surface area contributed by atoms with Crippen molar-refractivity contribution in [2.75, 3.05) is 17.2 Å². The molecule has 1 amide bonds. The number of nitro benzene ring substituents is 1. The van der Waals surface area contributed by atoms with E-state index in [1.165, 1.54) is 12.1 Å². The quantitative estimate of drug-likeness (QED) is 0.463. The number of carbonyl (C=O) groups excluding carboxylic acids is 1. The van der Waals surface area contributed by atoms with Gasteiger partial charge < -0.3 is 10.6 Å². The van der Waals surface area contributed by atoms with Gasteiger partial charge in [0.2, 0.25) is 5.91 Å². The standard InChI is InChI=1S/C14H17N5O3/c1-18-10-12(9-16-18)17-14(20)3-2-8-15-11-4-6-13(7-5-11)19(21)22/h4-7,9-10,15H,2-3,8H2,1H3,(H,17,20). The summed E-state index contributed by atoms with van der Waals surface area (Å²) in [5, 5.41) is 20.4. The third-order valence-electron chi connectivity index (χ3n) is 2.98. The number of hydrogen-bond acceptors (Lipinski definition) is 5. The van der Waals surface area contributed by atoms with E-state index in [1.54, 1.807) is 36.3 Å². The fourth-order valence-corrected chi connectivity index (χ4v) is 1.89. The Morgan fingerprint density at radius 3 is 2.64 bits per heavy atom. The van der Waals surface area contributed by atoms with Gasteiger partial charge in [0.25, 0.3) is 5.69 Å². The Morgan fingerprint density at radius 1 is 1.32 bits per heavy atom. The Hall–Kier alpha value is -2.90. The van der Waals surface area contributed by atoms with Gasteiger partial charge >= 0.3 is 0 Å². The number of benzene rings is 1. The second-order valence-corrected chi connectivity index (χ2v) is 4.79. The van der Waals surface area contributed by atoms with E-state index < -0.39 is 4.92 Å². The van der Waals surface area contributed by atoms with Crippen LogP contribution in [0.5, 0.6) is 0 Å². The molecule has 0 atom stereocenters. The summed E-state index contributed by atoms with van der Waals surface area (Å²) >= 11 is 0. The first kappa shape index (κ1) is 15.5. The maximum atomic E-state index is 11.7. The van der Waals surface area contributed by atoms with Crippen molar-refractivity contribution in [3.63, 3.8) is 0 Å². The molecule has 1 aromatic carbocycles. The van der Waals surface area contributed by atoms with Crippen molar-refractivity contribution in [3.8, 4) is 0 Å². The van der Waals surface area contributed by atoms with Gasteiger partial charge in [0.1, 0.15) is 0 Å². The molecule has 0 aliphatic heterocycles. The summed E-state index contributed by atoms with van der Waals surface area (Å²) in [6, 6.07) is 6.18. The normalized spacial score (nSPS) is 10.2. The molecule has 0 fully saturated rings. The number of nitro groups is 1. The van der Waals surface area contributed by atoms with Gasteiger partial charge in [-0.15, -0.1) is 0 Å². The van der Waals surface area contributed by atoms with Crippen LogP contribution in [0.15, 0.2) is 36.7 Å². The molecule has 8 heteroatoms. The number of nitrogens with one attached hydrogen (secondary N) is 2. The zero-order valence-electron chi connectivity index (χ0n) is 12.2. The van der Waals surface area contributed by atoms with Gasteiger partial charge in [-0.1, -0.05) is 0 Å². The van der Waals surface area contributed by atoms with Gasteiger partial charge in [-0.3, -0.25) is 19.6 Å². The smallest absolute Gasteiger partial charge is 0.269 e. The first-order valence-corrected chi connectivity index (χ1v) is 6.81. The summed E-state index contributed by atoms with van der Waals surface area (Å²) < 4.78 is 1.62. The first-order valence-electron chi connectivity index (χ1n) is 6.81. The highest BCUT2D eigenvalue weighted by atomic mass is 16.6. The predicted molar refractivity (Wildman–Crippen MR) is 82.7 cm³/mol. The van der Waals surface area contributed by atoms with Crippen LogP contribution in [0.4, 0.5) is 17.1 Å². The van der Waals surface area contributed by atoms with Crippen LogP contribution >= 0.6 is 0 Å². The molecule has 22 heavy (non-hydrogen) atoms. The zero-order chi connectivity index (χ0) is 15.9. The number of amides is 1. The Balaban J connectivity index is 1.68. The Labute approximate surface area is 127 Å². The number of carbonyl (C=O) groups is 1. The zero-order valence-corrected chi connectivity index (χ0v) is 12.2. The molecule has 116 valence electrons. The van der Waals surface area contributed by atoms with Gasteiger partial charge in [-0.25, -0.2) is 0 Å². The maximum Gasteiger partial charge on any atom is 0.269 e. The summed E-state index contributed by atoms with van der Waals surface area (Å²) in [6.45, 7) is 0.609. The van der Waals surface area contributed by atoms with Crippen molar-refractivity contribution in [1.29, 1.82) is 0 Å². The van der Waals surface area contributed by atoms with Crippen molar-refractivity contribution >= 4 is 23.0 Å². The van der Waals surface area contributed by atoms with E-state index in [2.05, 4.69) is 15.7 Å². The van der Waals surface area contributed by atoms with Gasteiger partial charge in [0.05, 0.1) is 16.8 Å². The van der Waals surface area contributed by atoms with Crippen LogP contribution in [0.1, 0.15) is 12.8 Å². The van der Waals surface area contributed by atoms with E-state index in [-0.39, 0.29) is 11.6 Å². The van der Waals surface area contributed by atoms with Crippen molar-refractivity contribution < 1.29 is 9.72 Å². The molecule has 0 unspecified atom stereocenters. The van der Waals surface area contributed by atoms with E-state index in [1.807, 2.05) is 0 Å². The molecule has 0 spiro atoms.